The van der Waals surface area contributed by atoms with Gasteiger partial charge >= 0.3 is 6.09 Å². The smallest absolute Gasteiger partial charge is 0.411 e. The minimum Gasteiger partial charge on any atom is -0.444 e. The minimum absolute atomic E-state index is 0.268. The van der Waals surface area contributed by atoms with Crippen LogP contribution in [0.1, 0.15) is 38.2 Å². The molecule has 0 radical (unpaired) electrons. The topological polar surface area (TPSA) is 62.7 Å². The number of carbonyl (C=O) groups is 1. The van der Waals surface area contributed by atoms with Crippen LogP contribution in [0.25, 0.3) is 0 Å². The molecule has 1 aromatic rings. The quantitative estimate of drug-likeness (QED) is 0.653. The van der Waals surface area contributed by atoms with Crippen molar-refractivity contribution in [2.24, 2.45) is 3.21 Å². The lowest BCUT2D eigenvalue weighted by molar-refractivity contribution is 0.143. The van der Waals surface area contributed by atoms with E-state index in [0.29, 0.717) is 6.04 Å². The summed E-state index contributed by atoms with van der Waals surface area (Å²) < 4.78 is 9.54. The molecule has 0 heterocycles. The van der Waals surface area contributed by atoms with Crippen molar-refractivity contribution in [3.63, 3.8) is 0 Å². The van der Waals surface area contributed by atoms with Crippen LogP contribution in [0, 0.1) is 0 Å². The van der Waals surface area contributed by atoms with Crippen LogP contribution < -0.4 is 10.6 Å². The third-order valence-electron chi connectivity index (χ3n) is 3.93. The van der Waals surface area contributed by atoms with E-state index in [1.807, 2.05) is 53.2 Å². The maximum absolute atomic E-state index is 11.9. The summed E-state index contributed by atoms with van der Waals surface area (Å²) in [4.78, 5) is 11.9. The summed E-state index contributed by atoms with van der Waals surface area (Å²) in [6, 6.07) is 10.1. The van der Waals surface area contributed by atoms with Crippen molar-refractivity contribution in [1.82, 2.24) is 10.6 Å². The number of halogens is 1. The van der Waals surface area contributed by atoms with E-state index in [2.05, 4.69) is 20.8 Å². The highest BCUT2D eigenvalue weighted by Gasteiger charge is 2.21. The Morgan fingerprint density at radius 3 is 2.92 bits per heavy atom. The molecule has 1 atom stereocenters. The summed E-state index contributed by atoms with van der Waals surface area (Å²) >= 11 is 2.02. The highest BCUT2D eigenvalue weighted by Crippen LogP contribution is 2.22. The van der Waals surface area contributed by atoms with Crippen molar-refractivity contribution >= 4 is 34.7 Å². The molecule has 24 heavy (non-hydrogen) atoms. The Labute approximate surface area is 157 Å². The van der Waals surface area contributed by atoms with Crippen LogP contribution in [0.3, 0.4) is 0 Å². The first kappa shape index (κ1) is 18.9. The minimum atomic E-state index is -0.442. The summed E-state index contributed by atoms with van der Waals surface area (Å²) in [5, 5.41) is 6.27. The lowest BCUT2D eigenvalue weighted by atomic mass is 9.89. The average Bonchev–Trinajstić information content (AvgIpc) is 2.63. The molecule has 1 fully saturated rings. The van der Waals surface area contributed by atoms with E-state index in [-0.39, 0.29) is 6.61 Å². The zero-order chi connectivity index (χ0) is 17.2. The van der Waals surface area contributed by atoms with Gasteiger partial charge in [0.2, 0.25) is 0 Å². The number of nitrogens with zero attached hydrogens (tertiary/aromatic N) is 1. The monoisotopic (exact) mass is 441 g/mol. The zero-order valence-electron chi connectivity index (χ0n) is 13.9. The first-order valence-corrected chi connectivity index (χ1v) is 9.27. The van der Waals surface area contributed by atoms with Gasteiger partial charge in [-0.2, -0.15) is 0 Å². The number of carbonyl (C=O) groups excluding carboxylic acids is 1. The molecule has 1 unspecified atom stereocenters. The Morgan fingerprint density at radius 1 is 1.42 bits per heavy atom. The van der Waals surface area contributed by atoms with Gasteiger partial charge in [-0.1, -0.05) is 37.3 Å². The maximum atomic E-state index is 11.9. The van der Waals surface area contributed by atoms with E-state index < -0.39 is 6.09 Å². The van der Waals surface area contributed by atoms with E-state index in [9.17, 15) is 4.79 Å². The van der Waals surface area contributed by atoms with Gasteiger partial charge in [0.05, 0.1) is 28.6 Å². The first-order valence-electron chi connectivity index (χ1n) is 8.30. The molecule has 0 aliphatic heterocycles. The molecule has 1 saturated carbocycles. The third-order valence-corrected chi connectivity index (χ3v) is 4.51. The second-order valence-corrected chi connectivity index (χ2v) is 6.28. The number of alkyl carbamates (subject to hydrolysis) is 1. The fraction of sp³-hybridized carbons (Fsp3) is 0.444. The van der Waals surface area contributed by atoms with Crippen LogP contribution in [0.4, 0.5) is 4.79 Å². The summed E-state index contributed by atoms with van der Waals surface area (Å²) in [7, 11) is 0. The molecule has 6 heteroatoms. The highest BCUT2D eigenvalue weighted by atomic mass is 127. The predicted octanol–water partition coefficient (Wildman–Crippen LogP) is 4.14. The van der Waals surface area contributed by atoms with Crippen molar-refractivity contribution in [2.45, 2.75) is 45.3 Å². The Balaban J connectivity index is 1.86. The summed E-state index contributed by atoms with van der Waals surface area (Å²) in [6.45, 7) is 3.44. The Kier molecular flexibility index (Phi) is 8.24. The molecule has 1 amide bonds. The number of benzene rings is 1. The van der Waals surface area contributed by atoms with Crippen LogP contribution in [0.15, 0.2) is 45.3 Å². The van der Waals surface area contributed by atoms with Gasteiger partial charge in [0.15, 0.2) is 0 Å². The van der Waals surface area contributed by atoms with E-state index in [0.717, 1.165) is 49.1 Å². The molecular formula is C18H24IN3O2. The summed E-state index contributed by atoms with van der Waals surface area (Å²) in [6.07, 6.45) is 5.30. The molecular weight excluding hydrogens is 417 g/mol. The number of ether oxygens (including phenoxy) is 1. The Bertz CT molecular complexity index is 587. The number of amides is 1. The molecule has 1 aromatic carbocycles. The first-order chi connectivity index (χ1) is 11.7. The van der Waals surface area contributed by atoms with Crippen LogP contribution >= 0.6 is 22.9 Å². The van der Waals surface area contributed by atoms with E-state index in [4.69, 9.17) is 4.74 Å². The Hall–Kier alpha value is -1.41. The molecule has 5 nitrogen and oxygen atoms in total. The second kappa shape index (κ2) is 10.5. The van der Waals surface area contributed by atoms with Crippen molar-refractivity contribution in [1.29, 1.82) is 0 Å². The number of nitrogens with one attached hydrogen (secondary N) is 2. The van der Waals surface area contributed by atoms with Crippen molar-refractivity contribution in [2.75, 3.05) is 6.54 Å². The van der Waals surface area contributed by atoms with Crippen LogP contribution in [0.5, 0.6) is 0 Å². The lowest BCUT2D eigenvalue weighted by Gasteiger charge is -2.26. The largest absolute Gasteiger partial charge is 0.444 e. The van der Waals surface area contributed by atoms with Crippen molar-refractivity contribution in [3.05, 3.63) is 47.7 Å². The van der Waals surface area contributed by atoms with Gasteiger partial charge in [-0.25, -0.2) is 8.00 Å². The van der Waals surface area contributed by atoms with Crippen LogP contribution in [-0.2, 0) is 11.3 Å². The number of hydrogen-bond acceptors (Lipinski definition) is 4. The van der Waals surface area contributed by atoms with E-state index >= 15 is 0 Å². The zero-order valence-corrected chi connectivity index (χ0v) is 16.1. The molecule has 0 aromatic heterocycles. The number of hydrogen-bond donors (Lipinski definition) is 2. The molecule has 0 bridgehead atoms. The third kappa shape index (κ3) is 6.24. The average molecular weight is 441 g/mol. The normalized spacial score (nSPS) is 21.0. The molecule has 130 valence electrons. The highest BCUT2D eigenvalue weighted by molar-refractivity contribution is 14.1. The van der Waals surface area contributed by atoms with E-state index in [1.165, 1.54) is 0 Å². The molecule has 0 spiro atoms. The molecule has 2 N–H and O–H groups in total. The lowest BCUT2D eigenvalue weighted by Crippen LogP contribution is -2.35. The fourth-order valence-electron chi connectivity index (χ4n) is 2.63. The van der Waals surface area contributed by atoms with Gasteiger partial charge in [0.1, 0.15) is 6.61 Å². The summed E-state index contributed by atoms with van der Waals surface area (Å²) in [5.74, 6) is 0. The maximum Gasteiger partial charge on any atom is 0.411 e. The van der Waals surface area contributed by atoms with Gasteiger partial charge < -0.3 is 10.1 Å². The predicted molar refractivity (Wildman–Crippen MR) is 105 cm³/mol. The second-order valence-electron chi connectivity index (χ2n) is 5.80. The fourth-order valence-corrected chi connectivity index (χ4v) is 3.18. The van der Waals surface area contributed by atoms with Crippen molar-refractivity contribution in [3.8, 4) is 0 Å². The molecule has 2 rings (SSSR count). The van der Waals surface area contributed by atoms with Crippen LogP contribution in [0.2, 0.25) is 0 Å². The molecule has 0 saturated heterocycles. The summed E-state index contributed by atoms with van der Waals surface area (Å²) in [5.41, 5.74) is 3.09. The van der Waals surface area contributed by atoms with Gasteiger partial charge in [-0.3, -0.25) is 5.32 Å². The Morgan fingerprint density at radius 2 is 2.21 bits per heavy atom. The van der Waals surface area contributed by atoms with Gasteiger partial charge in [-0.05, 0) is 43.4 Å². The van der Waals surface area contributed by atoms with Gasteiger partial charge in [-0.15, -0.1) is 0 Å². The van der Waals surface area contributed by atoms with E-state index in [1.54, 1.807) is 6.20 Å². The SMILES string of the molecule is CCCNC1CCC(=NI)/C(=C\NC(=O)OCc2ccccc2)C1. The van der Waals surface area contributed by atoms with Gasteiger partial charge in [0.25, 0.3) is 0 Å². The van der Waals surface area contributed by atoms with Crippen LogP contribution in [-0.4, -0.2) is 24.4 Å². The molecule has 1 aliphatic carbocycles. The van der Waals surface area contributed by atoms with Crippen molar-refractivity contribution < 1.29 is 9.53 Å². The molecule has 1 aliphatic rings. The number of rotatable bonds is 6. The standard InChI is InChI=1S/C18H24IN3O2/c1-2-10-20-16-8-9-17(22-19)15(11-16)12-21-18(23)24-13-14-6-4-3-5-7-14/h3-7,12,16,20H,2,8-11,13H2,1H3,(H,21,23)/b15-12-,22-17?. The van der Waals surface area contributed by atoms with Gasteiger partial charge in [0, 0.05) is 12.2 Å².